The second-order valence-electron chi connectivity index (χ2n) is 3.27. The van der Waals surface area contributed by atoms with E-state index in [1.165, 1.54) is 0 Å². The number of nitrogens with one attached hydrogen (secondary N) is 1. The van der Waals surface area contributed by atoms with Crippen LogP contribution in [0.1, 0.15) is 16.9 Å². The van der Waals surface area contributed by atoms with Gasteiger partial charge in [-0.2, -0.15) is 10.3 Å². The molecule has 0 saturated carbocycles. The fourth-order valence-corrected chi connectivity index (χ4v) is 1.30. The number of anilines is 2. The first-order chi connectivity index (χ1) is 8.95. The standard InChI is InChI=1S/C9H11ClN8O/c10-5-7(15-3-1-2-11)17-6(12)4(16-5)8(19)18-9(13)14/h1,3H2,(H3,12,15,17)(H4,13,14,18,19). The molecule has 1 heterocycles. The van der Waals surface area contributed by atoms with Gasteiger partial charge in [-0.15, -0.1) is 0 Å². The second kappa shape index (κ2) is 6.36. The molecule has 0 saturated heterocycles. The highest BCUT2D eigenvalue weighted by Crippen LogP contribution is 2.20. The summed E-state index contributed by atoms with van der Waals surface area (Å²) in [5.41, 5.74) is 15.5. The van der Waals surface area contributed by atoms with Crippen LogP contribution in [0, 0.1) is 11.3 Å². The van der Waals surface area contributed by atoms with Gasteiger partial charge < -0.3 is 22.5 Å². The third-order valence-electron chi connectivity index (χ3n) is 1.84. The van der Waals surface area contributed by atoms with Crippen molar-refractivity contribution in [1.82, 2.24) is 9.97 Å². The molecule has 100 valence electrons. The third kappa shape index (κ3) is 3.97. The van der Waals surface area contributed by atoms with Crippen LogP contribution in [0.3, 0.4) is 0 Å². The maximum atomic E-state index is 11.5. The molecule has 10 heteroatoms. The Kier molecular flexibility index (Phi) is 4.84. The lowest BCUT2D eigenvalue weighted by atomic mass is 10.4. The summed E-state index contributed by atoms with van der Waals surface area (Å²) in [6, 6.07) is 1.94. The number of carbonyl (C=O) groups excluding carboxylic acids is 1. The van der Waals surface area contributed by atoms with Gasteiger partial charge in [0.25, 0.3) is 0 Å². The zero-order valence-corrected chi connectivity index (χ0v) is 10.5. The number of rotatable bonds is 4. The van der Waals surface area contributed by atoms with E-state index in [1.54, 1.807) is 0 Å². The van der Waals surface area contributed by atoms with Crippen LogP contribution >= 0.6 is 11.6 Å². The molecule has 19 heavy (non-hydrogen) atoms. The molecule has 1 rings (SSSR count). The Labute approximate surface area is 113 Å². The first kappa shape index (κ1) is 14.5. The van der Waals surface area contributed by atoms with Crippen LogP contribution in [0.5, 0.6) is 0 Å². The molecule has 1 aromatic rings. The lowest BCUT2D eigenvalue weighted by Crippen LogP contribution is -2.25. The monoisotopic (exact) mass is 282 g/mol. The molecule has 1 amide bonds. The minimum atomic E-state index is -0.838. The van der Waals surface area contributed by atoms with Crippen molar-refractivity contribution in [3.63, 3.8) is 0 Å². The highest BCUT2D eigenvalue weighted by molar-refractivity contribution is 6.32. The highest BCUT2D eigenvalue weighted by atomic mass is 35.5. The maximum Gasteiger partial charge on any atom is 0.302 e. The molecule has 0 aliphatic heterocycles. The number of carbonyl (C=O) groups is 1. The summed E-state index contributed by atoms with van der Waals surface area (Å²) in [7, 11) is 0. The smallest absolute Gasteiger partial charge is 0.302 e. The fraction of sp³-hybridized carbons (Fsp3) is 0.222. The number of halogens is 1. The van der Waals surface area contributed by atoms with Crippen LogP contribution in [0.15, 0.2) is 4.99 Å². The molecule has 0 radical (unpaired) electrons. The average Bonchev–Trinajstić information content (AvgIpc) is 2.32. The van der Waals surface area contributed by atoms with Gasteiger partial charge in [0.1, 0.15) is 0 Å². The highest BCUT2D eigenvalue weighted by Gasteiger charge is 2.16. The number of guanidine groups is 1. The van der Waals surface area contributed by atoms with E-state index in [0.717, 1.165) is 0 Å². The quantitative estimate of drug-likeness (QED) is 0.324. The number of nitrogens with zero attached hydrogens (tertiary/aromatic N) is 4. The fourth-order valence-electron chi connectivity index (χ4n) is 1.10. The molecule has 0 aliphatic carbocycles. The Hall–Kier alpha value is -2.60. The Balaban J connectivity index is 3.00. The number of amides is 1. The Bertz CT molecular complexity index is 560. The summed E-state index contributed by atoms with van der Waals surface area (Å²) in [4.78, 5) is 22.5. The van der Waals surface area contributed by atoms with Crippen molar-refractivity contribution >= 4 is 35.1 Å². The first-order valence-corrected chi connectivity index (χ1v) is 5.41. The van der Waals surface area contributed by atoms with Crippen molar-refractivity contribution < 1.29 is 4.79 Å². The second-order valence-corrected chi connectivity index (χ2v) is 3.63. The van der Waals surface area contributed by atoms with E-state index < -0.39 is 11.9 Å². The van der Waals surface area contributed by atoms with E-state index in [4.69, 9.17) is 34.1 Å². The van der Waals surface area contributed by atoms with E-state index in [2.05, 4.69) is 20.3 Å². The van der Waals surface area contributed by atoms with Gasteiger partial charge in [0.05, 0.1) is 12.5 Å². The van der Waals surface area contributed by atoms with Gasteiger partial charge in [0.15, 0.2) is 28.4 Å². The Morgan fingerprint density at radius 3 is 2.74 bits per heavy atom. The van der Waals surface area contributed by atoms with E-state index >= 15 is 0 Å². The van der Waals surface area contributed by atoms with Crippen LogP contribution in [0.4, 0.5) is 11.6 Å². The zero-order valence-electron chi connectivity index (χ0n) is 9.72. The first-order valence-electron chi connectivity index (χ1n) is 5.03. The molecule has 0 spiro atoms. The molecule has 7 N–H and O–H groups in total. The van der Waals surface area contributed by atoms with E-state index in [0.29, 0.717) is 6.54 Å². The van der Waals surface area contributed by atoms with Crippen LogP contribution in [-0.4, -0.2) is 28.4 Å². The van der Waals surface area contributed by atoms with Gasteiger partial charge in [-0.3, -0.25) is 4.79 Å². The van der Waals surface area contributed by atoms with Crippen LogP contribution in [0.2, 0.25) is 5.15 Å². The Morgan fingerprint density at radius 2 is 2.16 bits per heavy atom. The summed E-state index contributed by atoms with van der Waals surface area (Å²) >= 11 is 5.82. The lowest BCUT2D eigenvalue weighted by molar-refractivity contribution is 0.0998. The van der Waals surface area contributed by atoms with Gasteiger partial charge in [-0.1, -0.05) is 11.6 Å². The van der Waals surface area contributed by atoms with Crippen molar-refractivity contribution in [3.05, 3.63) is 10.8 Å². The van der Waals surface area contributed by atoms with Gasteiger partial charge in [-0.25, -0.2) is 9.97 Å². The minimum Gasteiger partial charge on any atom is -0.382 e. The van der Waals surface area contributed by atoms with Gasteiger partial charge in [0.2, 0.25) is 0 Å². The number of nitriles is 1. The molecular formula is C9H11ClN8O. The third-order valence-corrected chi connectivity index (χ3v) is 2.11. The SMILES string of the molecule is N#CCCNc1nc(N)c(C(=O)N=C(N)N)nc1Cl. The van der Waals surface area contributed by atoms with Crippen molar-refractivity contribution in [2.24, 2.45) is 16.5 Å². The van der Waals surface area contributed by atoms with Crippen LogP contribution < -0.4 is 22.5 Å². The molecule has 0 bridgehead atoms. The van der Waals surface area contributed by atoms with E-state index in [-0.39, 0.29) is 28.9 Å². The van der Waals surface area contributed by atoms with Crippen molar-refractivity contribution in [2.45, 2.75) is 6.42 Å². The molecular weight excluding hydrogens is 272 g/mol. The average molecular weight is 283 g/mol. The minimum absolute atomic E-state index is 0.0683. The predicted octanol–water partition coefficient (Wildman–Crippen LogP) is -0.549. The van der Waals surface area contributed by atoms with Crippen molar-refractivity contribution in [1.29, 1.82) is 5.26 Å². The van der Waals surface area contributed by atoms with E-state index in [9.17, 15) is 4.79 Å². The number of hydrogen-bond acceptors (Lipinski definition) is 6. The number of nitrogens with two attached hydrogens (primary N) is 3. The normalized spacial score (nSPS) is 9.47. The molecule has 0 fully saturated rings. The molecule has 0 atom stereocenters. The summed E-state index contributed by atoms with van der Waals surface area (Å²) in [5.74, 6) is -1.25. The largest absolute Gasteiger partial charge is 0.382 e. The van der Waals surface area contributed by atoms with Gasteiger partial charge in [-0.05, 0) is 0 Å². The van der Waals surface area contributed by atoms with Crippen LogP contribution in [-0.2, 0) is 0 Å². The summed E-state index contributed by atoms with van der Waals surface area (Å²) in [5, 5.41) is 11.1. The molecule has 1 aromatic heterocycles. The number of hydrogen-bond donors (Lipinski definition) is 4. The lowest BCUT2D eigenvalue weighted by Gasteiger charge is -2.07. The molecule has 0 unspecified atom stereocenters. The molecule has 9 nitrogen and oxygen atoms in total. The maximum absolute atomic E-state index is 11.5. The number of aliphatic imine (C=N–C) groups is 1. The number of aromatic nitrogens is 2. The molecule has 0 aliphatic rings. The van der Waals surface area contributed by atoms with Gasteiger partial charge >= 0.3 is 5.91 Å². The summed E-state index contributed by atoms with van der Waals surface area (Å²) in [6.45, 7) is 0.325. The van der Waals surface area contributed by atoms with E-state index in [1.807, 2.05) is 6.07 Å². The van der Waals surface area contributed by atoms with Crippen molar-refractivity contribution in [3.8, 4) is 6.07 Å². The predicted molar refractivity (Wildman–Crippen MR) is 70.3 cm³/mol. The zero-order chi connectivity index (χ0) is 14.4. The summed E-state index contributed by atoms with van der Waals surface area (Å²) in [6.07, 6.45) is 0.257. The van der Waals surface area contributed by atoms with Crippen LogP contribution in [0.25, 0.3) is 0 Å². The molecule has 0 aromatic carbocycles. The number of nitrogen functional groups attached to an aromatic ring is 1. The van der Waals surface area contributed by atoms with Gasteiger partial charge in [0, 0.05) is 6.54 Å². The van der Waals surface area contributed by atoms with Crippen molar-refractivity contribution in [2.75, 3.05) is 17.6 Å². The topological polar surface area (TPSA) is 169 Å². The summed E-state index contributed by atoms with van der Waals surface area (Å²) < 4.78 is 0. The Morgan fingerprint density at radius 1 is 1.47 bits per heavy atom.